The first kappa shape index (κ1) is 14.7. The highest BCUT2D eigenvalue weighted by Gasteiger charge is 2.61. The van der Waals surface area contributed by atoms with Gasteiger partial charge in [-0.15, -0.1) is 0 Å². The minimum absolute atomic E-state index is 0.0495. The molecule has 7 heteroatoms. The van der Waals surface area contributed by atoms with E-state index in [4.69, 9.17) is 0 Å². The standard InChI is InChI=1S/C18H20N6O/c1-12-8-24(16(25)17(9-19)3-4-17)18(5-6-18)10-23(12)15-13-2-7-20-14(13)21-11-22-15/h2,7,11-12H,3-6,8,10H2,1H3,(H,20,21,22). The molecule has 1 atom stereocenters. The molecule has 1 amide bonds. The molecule has 3 aliphatic rings. The lowest BCUT2D eigenvalue weighted by atomic mass is 10.00. The Kier molecular flexibility index (Phi) is 2.77. The van der Waals surface area contributed by atoms with Crippen LogP contribution < -0.4 is 4.90 Å². The number of nitrogens with one attached hydrogen (secondary N) is 1. The highest BCUT2D eigenvalue weighted by Crippen LogP contribution is 2.53. The van der Waals surface area contributed by atoms with Crippen molar-refractivity contribution in [2.24, 2.45) is 5.41 Å². The van der Waals surface area contributed by atoms with Crippen LogP contribution in [-0.4, -0.2) is 50.4 Å². The lowest BCUT2D eigenvalue weighted by Crippen LogP contribution is -2.62. The quantitative estimate of drug-likeness (QED) is 0.904. The highest BCUT2D eigenvalue weighted by atomic mass is 16.2. The number of rotatable bonds is 2. The molecule has 1 unspecified atom stereocenters. The Hall–Kier alpha value is -2.62. The van der Waals surface area contributed by atoms with E-state index in [-0.39, 0.29) is 17.5 Å². The fraction of sp³-hybridized carbons (Fsp3) is 0.556. The van der Waals surface area contributed by atoms with Crippen LogP contribution >= 0.6 is 0 Å². The van der Waals surface area contributed by atoms with Crippen LogP contribution in [0.3, 0.4) is 0 Å². The fourth-order valence-corrected chi connectivity index (χ4v) is 4.11. The van der Waals surface area contributed by atoms with E-state index >= 15 is 0 Å². The molecule has 2 aliphatic carbocycles. The van der Waals surface area contributed by atoms with E-state index in [1.54, 1.807) is 6.33 Å². The molecule has 1 aliphatic heterocycles. The Bertz CT molecular complexity index is 904. The lowest BCUT2D eigenvalue weighted by molar-refractivity contribution is -0.139. The summed E-state index contributed by atoms with van der Waals surface area (Å²) in [5, 5.41) is 10.4. The molecule has 2 aromatic rings. The number of nitriles is 1. The van der Waals surface area contributed by atoms with Crippen LogP contribution in [0.5, 0.6) is 0 Å². The predicted octanol–water partition coefficient (Wildman–Crippen LogP) is 1.83. The molecule has 1 spiro atoms. The van der Waals surface area contributed by atoms with Gasteiger partial charge in [0.1, 0.15) is 23.2 Å². The Labute approximate surface area is 145 Å². The molecular weight excluding hydrogens is 316 g/mol. The van der Waals surface area contributed by atoms with Crippen LogP contribution in [0.1, 0.15) is 32.6 Å². The van der Waals surface area contributed by atoms with Crippen LogP contribution in [0.15, 0.2) is 18.6 Å². The molecule has 0 bridgehead atoms. The molecule has 25 heavy (non-hydrogen) atoms. The zero-order valence-corrected chi connectivity index (χ0v) is 14.2. The Balaban J connectivity index is 1.48. The average Bonchev–Trinajstić information content (AvgIpc) is 3.53. The van der Waals surface area contributed by atoms with Crippen LogP contribution in [0.2, 0.25) is 0 Å². The molecule has 128 valence electrons. The van der Waals surface area contributed by atoms with Gasteiger partial charge < -0.3 is 14.8 Å². The van der Waals surface area contributed by atoms with Gasteiger partial charge in [0.05, 0.1) is 17.0 Å². The van der Waals surface area contributed by atoms with Gasteiger partial charge in [-0.25, -0.2) is 9.97 Å². The largest absolute Gasteiger partial charge is 0.349 e. The van der Waals surface area contributed by atoms with Crippen molar-refractivity contribution in [1.82, 2.24) is 19.9 Å². The number of H-pyrrole nitrogens is 1. The molecule has 1 N–H and O–H groups in total. The third-order valence-electron chi connectivity index (χ3n) is 6.07. The first-order valence-electron chi connectivity index (χ1n) is 8.87. The van der Waals surface area contributed by atoms with Crippen molar-refractivity contribution in [3.05, 3.63) is 18.6 Å². The number of hydrogen-bond acceptors (Lipinski definition) is 5. The summed E-state index contributed by atoms with van der Waals surface area (Å²) in [6, 6.07) is 4.42. The summed E-state index contributed by atoms with van der Waals surface area (Å²) in [4.78, 5) is 29.2. The van der Waals surface area contributed by atoms with Gasteiger partial charge in [0, 0.05) is 25.3 Å². The maximum absolute atomic E-state index is 13.0. The second-order valence-electron chi connectivity index (χ2n) is 7.75. The monoisotopic (exact) mass is 336 g/mol. The van der Waals surface area contributed by atoms with Gasteiger partial charge in [-0.05, 0) is 38.7 Å². The SMILES string of the molecule is CC1CN(C(=O)C2(C#N)CC2)C2(CC2)CN1c1ncnc2[nH]ccc12. The van der Waals surface area contributed by atoms with E-state index in [9.17, 15) is 10.1 Å². The number of carbonyl (C=O) groups excluding carboxylic acids is 1. The second kappa shape index (κ2) is 4.72. The van der Waals surface area contributed by atoms with Gasteiger partial charge in [0.2, 0.25) is 5.91 Å². The lowest BCUT2D eigenvalue weighted by Gasteiger charge is -2.47. The van der Waals surface area contributed by atoms with Crippen molar-refractivity contribution in [3.8, 4) is 6.07 Å². The first-order valence-corrected chi connectivity index (χ1v) is 8.87. The number of nitrogens with zero attached hydrogens (tertiary/aromatic N) is 5. The molecule has 3 fully saturated rings. The van der Waals surface area contributed by atoms with E-state index in [1.165, 1.54) is 0 Å². The molecule has 0 aromatic carbocycles. The average molecular weight is 336 g/mol. The number of fused-ring (bicyclic) bond motifs is 1. The summed E-state index contributed by atoms with van der Waals surface area (Å²) in [6.45, 7) is 3.55. The van der Waals surface area contributed by atoms with Crippen molar-refractivity contribution in [2.75, 3.05) is 18.0 Å². The Morgan fingerprint density at radius 2 is 2.16 bits per heavy atom. The number of piperazine rings is 1. The summed E-state index contributed by atoms with van der Waals surface area (Å²) >= 11 is 0. The van der Waals surface area contributed by atoms with Crippen molar-refractivity contribution in [2.45, 2.75) is 44.2 Å². The maximum Gasteiger partial charge on any atom is 0.243 e. The molecule has 2 saturated carbocycles. The normalized spacial score (nSPS) is 25.8. The summed E-state index contributed by atoms with van der Waals surface area (Å²) in [5.41, 5.74) is -0.0221. The number of carbonyl (C=O) groups is 1. The van der Waals surface area contributed by atoms with Crippen LogP contribution in [-0.2, 0) is 4.79 Å². The summed E-state index contributed by atoms with van der Waals surface area (Å²) in [7, 11) is 0. The van der Waals surface area contributed by atoms with Crippen molar-refractivity contribution in [3.63, 3.8) is 0 Å². The smallest absolute Gasteiger partial charge is 0.243 e. The topological polar surface area (TPSA) is 88.9 Å². The molecule has 0 radical (unpaired) electrons. The minimum atomic E-state index is -0.736. The summed E-state index contributed by atoms with van der Waals surface area (Å²) in [6.07, 6.45) is 6.90. The van der Waals surface area contributed by atoms with E-state index in [2.05, 4.69) is 32.8 Å². The number of aromatic nitrogens is 3. The van der Waals surface area contributed by atoms with Crippen LogP contribution in [0.4, 0.5) is 5.82 Å². The Morgan fingerprint density at radius 3 is 2.84 bits per heavy atom. The number of anilines is 1. The molecule has 2 aromatic heterocycles. The molecule has 5 rings (SSSR count). The van der Waals surface area contributed by atoms with Gasteiger partial charge in [-0.3, -0.25) is 4.79 Å². The van der Waals surface area contributed by atoms with Crippen molar-refractivity contribution < 1.29 is 4.79 Å². The number of amides is 1. The summed E-state index contributed by atoms with van der Waals surface area (Å²) in [5.74, 6) is 0.979. The van der Waals surface area contributed by atoms with Gasteiger partial charge in [-0.2, -0.15) is 5.26 Å². The highest BCUT2D eigenvalue weighted by molar-refractivity contribution is 5.90. The van der Waals surface area contributed by atoms with Crippen LogP contribution in [0, 0.1) is 16.7 Å². The van der Waals surface area contributed by atoms with Crippen molar-refractivity contribution >= 4 is 22.8 Å². The molecule has 1 saturated heterocycles. The minimum Gasteiger partial charge on any atom is -0.349 e. The van der Waals surface area contributed by atoms with Gasteiger partial charge in [0.25, 0.3) is 0 Å². The van der Waals surface area contributed by atoms with Crippen LogP contribution in [0.25, 0.3) is 11.0 Å². The van der Waals surface area contributed by atoms with E-state index < -0.39 is 5.41 Å². The molecular formula is C18H20N6O. The Morgan fingerprint density at radius 1 is 1.36 bits per heavy atom. The third kappa shape index (κ3) is 2.00. The number of aromatic amines is 1. The first-order chi connectivity index (χ1) is 12.1. The zero-order chi connectivity index (χ0) is 17.2. The van der Waals surface area contributed by atoms with Gasteiger partial charge in [0.15, 0.2) is 0 Å². The second-order valence-corrected chi connectivity index (χ2v) is 7.75. The predicted molar refractivity (Wildman–Crippen MR) is 91.7 cm³/mol. The zero-order valence-electron chi connectivity index (χ0n) is 14.2. The van der Waals surface area contributed by atoms with E-state index in [0.29, 0.717) is 19.4 Å². The number of hydrogen-bond donors (Lipinski definition) is 1. The molecule has 7 nitrogen and oxygen atoms in total. The van der Waals surface area contributed by atoms with Crippen molar-refractivity contribution in [1.29, 1.82) is 5.26 Å². The third-order valence-corrected chi connectivity index (χ3v) is 6.07. The van der Waals surface area contributed by atoms with Gasteiger partial charge >= 0.3 is 0 Å². The van der Waals surface area contributed by atoms with E-state index in [0.717, 1.165) is 36.2 Å². The molecule has 3 heterocycles. The summed E-state index contributed by atoms with van der Waals surface area (Å²) < 4.78 is 0. The van der Waals surface area contributed by atoms with Gasteiger partial charge in [-0.1, -0.05) is 0 Å². The van der Waals surface area contributed by atoms with E-state index in [1.807, 2.05) is 17.2 Å². The fourth-order valence-electron chi connectivity index (χ4n) is 4.11. The maximum atomic E-state index is 13.0.